The highest BCUT2D eigenvalue weighted by Crippen LogP contribution is 2.15. The van der Waals surface area contributed by atoms with E-state index in [1.807, 2.05) is 42.6 Å². The lowest BCUT2D eigenvalue weighted by molar-refractivity contribution is 0.0954. The summed E-state index contributed by atoms with van der Waals surface area (Å²) >= 11 is 1.47. The molecule has 3 nitrogen and oxygen atoms in total. The second-order valence-electron chi connectivity index (χ2n) is 4.37. The van der Waals surface area contributed by atoms with Crippen LogP contribution in [-0.4, -0.2) is 13.0 Å². The minimum absolute atomic E-state index is 0.00959. The van der Waals surface area contributed by atoms with E-state index in [4.69, 9.17) is 4.74 Å². The van der Waals surface area contributed by atoms with Gasteiger partial charge in [0.2, 0.25) is 0 Å². The Morgan fingerprint density at radius 2 is 2.11 bits per heavy atom. The van der Waals surface area contributed by atoms with E-state index in [0.29, 0.717) is 13.2 Å². The second kappa shape index (κ2) is 6.50. The SMILES string of the molecule is COCc1cccc(CNC(=O)c2sccc2C)c1. The van der Waals surface area contributed by atoms with Crippen molar-refractivity contribution >= 4 is 17.2 Å². The molecule has 0 unspecified atom stereocenters. The molecule has 0 aliphatic heterocycles. The molecule has 1 amide bonds. The number of carbonyl (C=O) groups excluding carboxylic acids is 1. The highest BCUT2D eigenvalue weighted by Gasteiger charge is 2.09. The molecule has 1 aromatic heterocycles. The van der Waals surface area contributed by atoms with Gasteiger partial charge in [0, 0.05) is 13.7 Å². The van der Waals surface area contributed by atoms with Gasteiger partial charge in [0.05, 0.1) is 11.5 Å². The summed E-state index contributed by atoms with van der Waals surface area (Å²) in [4.78, 5) is 12.8. The Kier molecular flexibility index (Phi) is 4.71. The third-order valence-electron chi connectivity index (χ3n) is 2.82. The summed E-state index contributed by atoms with van der Waals surface area (Å²) in [6.45, 7) is 3.07. The first-order valence-electron chi connectivity index (χ1n) is 6.09. The molecular weight excluding hydrogens is 258 g/mol. The lowest BCUT2D eigenvalue weighted by Gasteiger charge is -2.07. The van der Waals surface area contributed by atoms with Gasteiger partial charge in [0.15, 0.2) is 0 Å². The molecule has 0 spiro atoms. The van der Waals surface area contributed by atoms with Crippen LogP contribution in [0.5, 0.6) is 0 Å². The quantitative estimate of drug-likeness (QED) is 0.910. The van der Waals surface area contributed by atoms with Crippen molar-refractivity contribution in [2.24, 2.45) is 0 Å². The van der Waals surface area contributed by atoms with Crippen molar-refractivity contribution in [3.8, 4) is 0 Å². The van der Waals surface area contributed by atoms with Crippen LogP contribution in [0, 0.1) is 6.92 Å². The minimum atomic E-state index is -0.00959. The number of hydrogen-bond acceptors (Lipinski definition) is 3. The van der Waals surface area contributed by atoms with E-state index < -0.39 is 0 Å². The number of hydrogen-bond donors (Lipinski definition) is 1. The molecule has 0 saturated heterocycles. The van der Waals surface area contributed by atoms with E-state index in [0.717, 1.165) is 21.6 Å². The zero-order valence-corrected chi connectivity index (χ0v) is 11.9. The van der Waals surface area contributed by atoms with Crippen LogP contribution in [0.15, 0.2) is 35.7 Å². The number of carbonyl (C=O) groups is 1. The topological polar surface area (TPSA) is 38.3 Å². The lowest BCUT2D eigenvalue weighted by Crippen LogP contribution is -2.22. The molecule has 0 radical (unpaired) electrons. The number of rotatable bonds is 5. The van der Waals surface area contributed by atoms with Crippen LogP contribution in [0.25, 0.3) is 0 Å². The van der Waals surface area contributed by atoms with Gasteiger partial charge < -0.3 is 10.1 Å². The van der Waals surface area contributed by atoms with E-state index in [1.165, 1.54) is 11.3 Å². The van der Waals surface area contributed by atoms with Crippen molar-refractivity contribution < 1.29 is 9.53 Å². The first kappa shape index (κ1) is 13.8. The highest BCUT2D eigenvalue weighted by atomic mass is 32.1. The fourth-order valence-corrected chi connectivity index (χ4v) is 2.71. The van der Waals surface area contributed by atoms with Gasteiger partial charge in [-0.15, -0.1) is 11.3 Å². The number of methoxy groups -OCH3 is 1. The number of thiophene rings is 1. The van der Waals surface area contributed by atoms with Crippen LogP contribution in [0.1, 0.15) is 26.4 Å². The average Bonchev–Trinajstić information content (AvgIpc) is 2.83. The monoisotopic (exact) mass is 275 g/mol. The summed E-state index contributed by atoms with van der Waals surface area (Å²) in [6.07, 6.45) is 0. The first-order chi connectivity index (χ1) is 9.20. The molecule has 1 aromatic carbocycles. The van der Waals surface area contributed by atoms with Gasteiger partial charge in [-0.3, -0.25) is 4.79 Å². The van der Waals surface area contributed by atoms with E-state index in [2.05, 4.69) is 5.32 Å². The number of ether oxygens (including phenoxy) is 1. The van der Waals surface area contributed by atoms with Gasteiger partial charge in [0.25, 0.3) is 5.91 Å². The number of benzene rings is 1. The van der Waals surface area contributed by atoms with Crippen molar-refractivity contribution in [1.82, 2.24) is 5.32 Å². The normalized spacial score (nSPS) is 10.4. The molecule has 0 saturated carbocycles. The van der Waals surface area contributed by atoms with Gasteiger partial charge in [0.1, 0.15) is 0 Å². The standard InChI is InChI=1S/C15H17NO2S/c1-11-6-7-19-14(11)15(17)16-9-12-4-3-5-13(8-12)10-18-2/h3-8H,9-10H2,1-2H3,(H,16,17). The molecule has 0 fully saturated rings. The zero-order valence-electron chi connectivity index (χ0n) is 11.1. The van der Waals surface area contributed by atoms with Crippen LogP contribution in [0.4, 0.5) is 0 Å². The Morgan fingerprint density at radius 1 is 1.32 bits per heavy atom. The largest absolute Gasteiger partial charge is 0.380 e. The Hall–Kier alpha value is -1.65. The summed E-state index contributed by atoms with van der Waals surface area (Å²) in [6, 6.07) is 10.00. The Bertz CT molecular complexity index is 563. The molecular formula is C15H17NO2S. The summed E-state index contributed by atoms with van der Waals surface area (Å²) in [7, 11) is 1.67. The molecule has 1 heterocycles. The summed E-state index contributed by atoms with van der Waals surface area (Å²) < 4.78 is 5.10. The molecule has 2 aromatic rings. The highest BCUT2D eigenvalue weighted by molar-refractivity contribution is 7.12. The Morgan fingerprint density at radius 3 is 2.79 bits per heavy atom. The van der Waals surface area contributed by atoms with E-state index in [9.17, 15) is 4.79 Å². The van der Waals surface area contributed by atoms with Crippen LogP contribution >= 0.6 is 11.3 Å². The van der Waals surface area contributed by atoms with Crippen molar-refractivity contribution in [2.75, 3.05) is 7.11 Å². The molecule has 2 rings (SSSR count). The fourth-order valence-electron chi connectivity index (χ4n) is 1.86. The predicted octanol–water partition coefficient (Wildman–Crippen LogP) is 3.13. The average molecular weight is 275 g/mol. The maximum absolute atomic E-state index is 12.0. The predicted molar refractivity (Wildman–Crippen MR) is 77.4 cm³/mol. The van der Waals surface area contributed by atoms with Gasteiger partial charge >= 0.3 is 0 Å². The smallest absolute Gasteiger partial charge is 0.261 e. The summed E-state index contributed by atoms with van der Waals surface area (Å²) in [5, 5.41) is 4.88. The maximum atomic E-state index is 12.0. The molecule has 0 aliphatic rings. The van der Waals surface area contributed by atoms with Crippen LogP contribution in [-0.2, 0) is 17.9 Å². The first-order valence-corrected chi connectivity index (χ1v) is 6.97. The number of nitrogens with one attached hydrogen (secondary N) is 1. The number of amides is 1. The Labute approximate surface area is 117 Å². The van der Waals surface area contributed by atoms with Crippen LogP contribution in [0.3, 0.4) is 0 Å². The maximum Gasteiger partial charge on any atom is 0.261 e. The van der Waals surface area contributed by atoms with Gasteiger partial charge in [-0.05, 0) is 35.1 Å². The fraction of sp³-hybridized carbons (Fsp3) is 0.267. The molecule has 19 heavy (non-hydrogen) atoms. The van der Waals surface area contributed by atoms with Crippen LogP contribution < -0.4 is 5.32 Å². The van der Waals surface area contributed by atoms with Crippen molar-refractivity contribution in [2.45, 2.75) is 20.1 Å². The lowest BCUT2D eigenvalue weighted by atomic mass is 10.1. The third-order valence-corrected chi connectivity index (χ3v) is 3.84. The van der Waals surface area contributed by atoms with Crippen LogP contribution in [0.2, 0.25) is 0 Å². The van der Waals surface area contributed by atoms with E-state index in [-0.39, 0.29) is 5.91 Å². The third kappa shape index (κ3) is 3.66. The van der Waals surface area contributed by atoms with Crippen molar-refractivity contribution in [3.63, 3.8) is 0 Å². The summed E-state index contributed by atoms with van der Waals surface area (Å²) in [5.41, 5.74) is 3.22. The zero-order chi connectivity index (χ0) is 13.7. The summed E-state index contributed by atoms with van der Waals surface area (Å²) in [5.74, 6) is -0.00959. The molecule has 0 bridgehead atoms. The Balaban J connectivity index is 1.97. The number of aryl methyl sites for hydroxylation is 1. The van der Waals surface area contributed by atoms with Gasteiger partial charge in [-0.1, -0.05) is 24.3 Å². The van der Waals surface area contributed by atoms with Gasteiger partial charge in [-0.2, -0.15) is 0 Å². The van der Waals surface area contributed by atoms with Gasteiger partial charge in [-0.25, -0.2) is 0 Å². The molecule has 0 atom stereocenters. The molecule has 4 heteroatoms. The second-order valence-corrected chi connectivity index (χ2v) is 5.28. The van der Waals surface area contributed by atoms with E-state index in [1.54, 1.807) is 7.11 Å². The van der Waals surface area contributed by atoms with Crippen molar-refractivity contribution in [1.29, 1.82) is 0 Å². The van der Waals surface area contributed by atoms with E-state index >= 15 is 0 Å². The molecule has 0 aliphatic carbocycles. The molecule has 100 valence electrons. The molecule has 1 N–H and O–H groups in total. The minimum Gasteiger partial charge on any atom is -0.380 e. The van der Waals surface area contributed by atoms with Crippen molar-refractivity contribution in [3.05, 3.63) is 57.3 Å².